The molecule has 0 bridgehead atoms. The third-order valence-electron chi connectivity index (χ3n) is 5.04. The van der Waals surface area contributed by atoms with Crippen LogP contribution in [-0.2, 0) is 20.2 Å². The van der Waals surface area contributed by atoms with Crippen LogP contribution >= 0.6 is 0 Å². The number of hydrogen-bond donors (Lipinski definition) is 3. The minimum atomic E-state index is -4.39. The fraction of sp³-hybridized carbons (Fsp3) is 0.381. The van der Waals surface area contributed by atoms with Crippen LogP contribution in [0.3, 0.4) is 0 Å². The van der Waals surface area contributed by atoms with Crippen molar-refractivity contribution in [2.24, 2.45) is 5.14 Å². The molecule has 0 aliphatic carbocycles. The SMILES string of the molecule is CC(C)(C)c1ccccc1-c1ccc(NC(=O)C2CCCN2)c(F)c1S(N)(=O)=O. The molecule has 4 N–H and O–H groups in total. The molecule has 29 heavy (non-hydrogen) atoms. The van der Waals surface area contributed by atoms with Gasteiger partial charge in [0.05, 0.1) is 11.7 Å². The highest BCUT2D eigenvalue weighted by Gasteiger charge is 2.29. The van der Waals surface area contributed by atoms with Crippen molar-refractivity contribution in [2.45, 2.75) is 50.0 Å². The molecule has 0 aromatic heterocycles. The lowest BCUT2D eigenvalue weighted by molar-refractivity contribution is -0.117. The molecule has 1 fully saturated rings. The first-order valence-corrected chi connectivity index (χ1v) is 11.0. The Balaban J connectivity index is 2.14. The Kier molecular flexibility index (Phi) is 5.80. The van der Waals surface area contributed by atoms with Crippen LogP contribution in [0.15, 0.2) is 41.3 Å². The molecule has 3 rings (SSSR count). The fourth-order valence-electron chi connectivity index (χ4n) is 3.64. The number of carbonyl (C=O) groups excluding carboxylic acids is 1. The average molecular weight is 420 g/mol. The molecule has 1 unspecified atom stereocenters. The quantitative estimate of drug-likeness (QED) is 0.709. The molecule has 6 nitrogen and oxygen atoms in total. The molecule has 156 valence electrons. The molecule has 0 radical (unpaired) electrons. The van der Waals surface area contributed by atoms with Crippen molar-refractivity contribution in [2.75, 3.05) is 11.9 Å². The van der Waals surface area contributed by atoms with E-state index >= 15 is 4.39 Å². The highest BCUT2D eigenvalue weighted by molar-refractivity contribution is 7.89. The maximum atomic E-state index is 15.3. The maximum Gasteiger partial charge on any atom is 0.241 e. The number of hydrogen-bond acceptors (Lipinski definition) is 4. The van der Waals surface area contributed by atoms with Crippen LogP contribution in [0.25, 0.3) is 11.1 Å². The largest absolute Gasteiger partial charge is 0.322 e. The van der Waals surface area contributed by atoms with Crippen molar-refractivity contribution in [1.82, 2.24) is 5.32 Å². The third kappa shape index (κ3) is 4.49. The molecule has 1 heterocycles. The monoisotopic (exact) mass is 419 g/mol. The van der Waals surface area contributed by atoms with Crippen LogP contribution in [0, 0.1) is 5.82 Å². The molecule has 2 aromatic carbocycles. The van der Waals surface area contributed by atoms with Gasteiger partial charge >= 0.3 is 0 Å². The number of halogens is 1. The van der Waals surface area contributed by atoms with Gasteiger partial charge in [-0.2, -0.15) is 0 Å². The molecular weight excluding hydrogens is 393 g/mol. The first kappa shape index (κ1) is 21.4. The van der Waals surface area contributed by atoms with Crippen LogP contribution in [0.1, 0.15) is 39.2 Å². The van der Waals surface area contributed by atoms with Gasteiger partial charge in [-0.25, -0.2) is 17.9 Å². The number of anilines is 1. The van der Waals surface area contributed by atoms with E-state index in [4.69, 9.17) is 5.14 Å². The van der Waals surface area contributed by atoms with Gasteiger partial charge in [0.1, 0.15) is 4.90 Å². The summed E-state index contributed by atoms with van der Waals surface area (Å²) in [6.07, 6.45) is 1.50. The second kappa shape index (κ2) is 7.85. The lowest BCUT2D eigenvalue weighted by Gasteiger charge is -2.24. The minimum absolute atomic E-state index is 0.174. The highest BCUT2D eigenvalue weighted by atomic mass is 32.2. The topological polar surface area (TPSA) is 101 Å². The average Bonchev–Trinajstić information content (AvgIpc) is 3.16. The van der Waals surface area contributed by atoms with Crippen LogP contribution in [-0.4, -0.2) is 26.9 Å². The summed E-state index contributed by atoms with van der Waals surface area (Å²) in [6.45, 7) is 6.68. The molecule has 1 amide bonds. The van der Waals surface area contributed by atoms with Gasteiger partial charge in [0.2, 0.25) is 15.9 Å². The summed E-state index contributed by atoms with van der Waals surface area (Å²) in [5.41, 5.74) is 1.11. The first-order valence-electron chi connectivity index (χ1n) is 9.49. The Labute approximate surface area is 170 Å². The zero-order valence-corrected chi connectivity index (χ0v) is 17.6. The zero-order valence-electron chi connectivity index (χ0n) is 16.8. The molecule has 0 spiro atoms. The smallest absolute Gasteiger partial charge is 0.241 e. The lowest BCUT2D eigenvalue weighted by atomic mass is 9.82. The summed E-state index contributed by atoms with van der Waals surface area (Å²) in [7, 11) is -4.39. The summed E-state index contributed by atoms with van der Waals surface area (Å²) in [4.78, 5) is 11.7. The van der Waals surface area contributed by atoms with Gasteiger partial charge in [-0.3, -0.25) is 4.79 Å². The minimum Gasteiger partial charge on any atom is -0.322 e. The van der Waals surface area contributed by atoms with E-state index < -0.39 is 32.7 Å². The van der Waals surface area contributed by atoms with Gasteiger partial charge in [0, 0.05) is 5.56 Å². The first-order chi connectivity index (χ1) is 13.5. The number of nitrogens with one attached hydrogen (secondary N) is 2. The molecule has 1 saturated heterocycles. The molecular formula is C21H26FN3O3S. The number of sulfonamides is 1. The van der Waals surface area contributed by atoms with Gasteiger partial charge in [-0.05, 0) is 42.0 Å². The van der Waals surface area contributed by atoms with Crippen LogP contribution in [0.5, 0.6) is 0 Å². The number of rotatable bonds is 4. The number of benzene rings is 2. The summed E-state index contributed by atoms with van der Waals surface area (Å²) < 4.78 is 39.9. The molecule has 1 atom stereocenters. The van der Waals surface area contributed by atoms with Crippen LogP contribution < -0.4 is 15.8 Å². The standard InChI is InChI=1S/C21H26FN3O3S/c1-21(2,3)15-8-5-4-7-13(15)14-10-11-16(18(22)19(14)29(23,27)28)25-20(26)17-9-6-12-24-17/h4-5,7-8,10-11,17,24H,6,9,12H2,1-3H3,(H,25,26)(H2,23,27,28). The van der Waals surface area contributed by atoms with E-state index in [1.807, 2.05) is 32.9 Å². The van der Waals surface area contributed by atoms with E-state index in [1.54, 1.807) is 12.1 Å². The van der Waals surface area contributed by atoms with Crippen molar-refractivity contribution in [3.05, 3.63) is 47.8 Å². The number of primary sulfonamides is 1. The summed E-state index contributed by atoms with van der Waals surface area (Å²) in [5, 5.41) is 10.9. The van der Waals surface area contributed by atoms with E-state index in [1.165, 1.54) is 12.1 Å². The van der Waals surface area contributed by atoms with Gasteiger partial charge in [0.15, 0.2) is 5.82 Å². The zero-order chi connectivity index (χ0) is 21.4. The second-order valence-electron chi connectivity index (χ2n) is 8.28. The molecule has 1 aliphatic rings. The number of carbonyl (C=O) groups is 1. The summed E-state index contributed by atoms with van der Waals surface area (Å²) in [6, 6.07) is 9.67. The molecule has 2 aromatic rings. The van der Waals surface area contributed by atoms with Gasteiger partial charge in [-0.1, -0.05) is 51.1 Å². The van der Waals surface area contributed by atoms with Crippen molar-refractivity contribution in [3.8, 4) is 11.1 Å². The third-order valence-corrected chi connectivity index (χ3v) is 6.01. The summed E-state index contributed by atoms with van der Waals surface area (Å²) in [5.74, 6) is -1.45. The van der Waals surface area contributed by atoms with Crippen molar-refractivity contribution >= 4 is 21.6 Å². The number of amides is 1. The predicted octanol–water partition coefficient (Wildman–Crippen LogP) is 3.13. The highest BCUT2D eigenvalue weighted by Crippen LogP contribution is 2.38. The lowest BCUT2D eigenvalue weighted by Crippen LogP contribution is -2.35. The Hall–Kier alpha value is -2.29. The fourth-order valence-corrected chi connectivity index (χ4v) is 4.49. The van der Waals surface area contributed by atoms with Gasteiger partial charge in [-0.15, -0.1) is 0 Å². The van der Waals surface area contributed by atoms with E-state index in [2.05, 4.69) is 10.6 Å². The second-order valence-corrected chi connectivity index (χ2v) is 9.78. The van der Waals surface area contributed by atoms with Crippen molar-refractivity contribution in [3.63, 3.8) is 0 Å². The van der Waals surface area contributed by atoms with Crippen LogP contribution in [0.4, 0.5) is 10.1 Å². The van der Waals surface area contributed by atoms with Crippen LogP contribution in [0.2, 0.25) is 0 Å². The van der Waals surface area contributed by atoms with E-state index in [0.717, 1.165) is 12.0 Å². The van der Waals surface area contributed by atoms with Gasteiger partial charge < -0.3 is 10.6 Å². The Bertz CT molecular complexity index is 1040. The van der Waals surface area contributed by atoms with E-state index in [0.29, 0.717) is 18.5 Å². The Morgan fingerprint density at radius 2 is 1.86 bits per heavy atom. The van der Waals surface area contributed by atoms with Crippen molar-refractivity contribution in [1.29, 1.82) is 0 Å². The van der Waals surface area contributed by atoms with Gasteiger partial charge in [0.25, 0.3) is 0 Å². The number of nitrogens with two attached hydrogens (primary N) is 1. The predicted molar refractivity (Wildman–Crippen MR) is 112 cm³/mol. The molecule has 1 aliphatic heterocycles. The summed E-state index contributed by atoms with van der Waals surface area (Å²) >= 11 is 0. The Morgan fingerprint density at radius 1 is 1.17 bits per heavy atom. The molecule has 0 saturated carbocycles. The van der Waals surface area contributed by atoms with Crippen molar-refractivity contribution < 1.29 is 17.6 Å². The van der Waals surface area contributed by atoms with E-state index in [-0.39, 0.29) is 16.7 Å². The normalized spacial score (nSPS) is 17.3. The van der Waals surface area contributed by atoms with E-state index in [9.17, 15) is 13.2 Å². The maximum absolute atomic E-state index is 15.3. The Morgan fingerprint density at radius 3 is 2.45 bits per heavy atom. The molecule has 8 heteroatoms.